The summed E-state index contributed by atoms with van der Waals surface area (Å²) in [6.45, 7) is 2.86. The maximum absolute atomic E-state index is 12.2. The minimum Gasteiger partial charge on any atom is -0.366 e. The van der Waals surface area contributed by atoms with Crippen LogP contribution in [0.25, 0.3) is 0 Å². The summed E-state index contributed by atoms with van der Waals surface area (Å²) in [5, 5.41) is 0. The SMILES string of the molecule is CC1[C@H](C(=O)CCc2ccccc2)OCCN1C=O. The number of morpholine rings is 1. The van der Waals surface area contributed by atoms with Crippen molar-refractivity contribution >= 4 is 12.2 Å². The molecule has 19 heavy (non-hydrogen) atoms. The number of carbonyl (C=O) groups excluding carboxylic acids is 2. The van der Waals surface area contributed by atoms with Crippen LogP contribution >= 0.6 is 0 Å². The number of Topliss-reactive ketones (excluding diaryl/α,β-unsaturated/α-hetero) is 1. The molecule has 0 saturated carbocycles. The van der Waals surface area contributed by atoms with Crippen LogP contribution in [0.5, 0.6) is 0 Å². The van der Waals surface area contributed by atoms with Gasteiger partial charge in [0.15, 0.2) is 5.78 Å². The average Bonchev–Trinajstić information content (AvgIpc) is 2.46. The van der Waals surface area contributed by atoms with Crippen LogP contribution in [0.2, 0.25) is 0 Å². The smallest absolute Gasteiger partial charge is 0.210 e. The fraction of sp³-hybridized carbons (Fsp3) is 0.467. The molecular formula is C15H19NO3. The zero-order valence-corrected chi connectivity index (χ0v) is 11.1. The lowest BCUT2D eigenvalue weighted by Crippen LogP contribution is -2.52. The first-order valence-corrected chi connectivity index (χ1v) is 6.61. The lowest BCUT2D eigenvalue weighted by Gasteiger charge is -2.36. The van der Waals surface area contributed by atoms with Crippen LogP contribution < -0.4 is 0 Å². The van der Waals surface area contributed by atoms with E-state index in [2.05, 4.69) is 0 Å². The highest BCUT2D eigenvalue weighted by Crippen LogP contribution is 2.15. The van der Waals surface area contributed by atoms with E-state index in [1.165, 1.54) is 0 Å². The molecule has 102 valence electrons. The topological polar surface area (TPSA) is 46.6 Å². The molecule has 4 heteroatoms. The van der Waals surface area contributed by atoms with E-state index < -0.39 is 6.10 Å². The number of aryl methyl sites for hydroxylation is 1. The molecule has 1 saturated heterocycles. The van der Waals surface area contributed by atoms with Crippen molar-refractivity contribution in [1.29, 1.82) is 0 Å². The summed E-state index contributed by atoms with van der Waals surface area (Å²) in [6.07, 6.45) is 1.48. The number of hydrogen-bond donors (Lipinski definition) is 0. The summed E-state index contributed by atoms with van der Waals surface area (Å²) in [5.41, 5.74) is 1.14. The summed E-state index contributed by atoms with van der Waals surface area (Å²) >= 11 is 0. The van der Waals surface area contributed by atoms with Crippen LogP contribution in [-0.4, -0.2) is 42.4 Å². The zero-order chi connectivity index (χ0) is 13.7. The van der Waals surface area contributed by atoms with Gasteiger partial charge in [-0.1, -0.05) is 30.3 Å². The number of rotatable bonds is 5. The molecule has 0 aliphatic carbocycles. The Kier molecular flexibility index (Phi) is 4.68. The second kappa shape index (κ2) is 6.48. The van der Waals surface area contributed by atoms with Crippen molar-refractivity contribution in [2.75, 3.05) is 13.2 Å². The maximum atomic E-state index is 12.2. The molecular weight excluding hydrogens is 242 g/mol. The van der Waals surface area contributed by atoms with Crippen molar-refractivity contribution in [2.24, 2.45) is 0 Å². The quantitative estimate of drug-likeness (QED) is 0.753. The molecule has 1 heterocycles. The van der Waals surface area contributed by atoms with Gasteiger partial charge in [-0.3, -0.25) is 9.59 Å². The number of hydrogen-bond acceptors (Lipinski definition) is 3. The zero-order valence-electron chi connectivity index (χ0n) is 11.1. The number of carbonyl (C=O) groups is 2. The predicted molar refractivity (Wildman–Crippen MR) is 71.7 cm³/mol. The molecule has 2 atom stereocenters. The Morgan fingerprint density at radius 3 is 2.84 bits per heavy atom. The molecule has 0 N–H and O–H groups in total. The minimum absolute atomic E-state index is 0.0721. The summed E-state index contributed by atoms with van der Waals surface area (Å²) < 4.78 is 5.52. The second-order valence-corrected chi connectivity index (χ2v) is 4.83. The lowest BCUT2D eigenvalue weighted by atomic mass is 9.99. The highest BCUT2D eigenvalue weighted by atomic mass is 16.5. The van der Waals surface area contributed by atoms with E-state index in [4.69, 9.17) is 4.74 Å². The van der Waals surface area contributed by atoms with Crippen LogP contribution in [-0.2, 0) is 20.7 Å². The molecule has 1 fully saturated rings. The Hall–Kier alpha value is -1.68. The number of benzene rings is 1. The van der Waals surface area contributed by atoms with Gasteiger partial charge in [0.05, 0.1) is 12.6 Å². The van der Waals surface area contributed by atoms with Crippen molar-refractivity contribution in [3.05, 3.63) is 35.9 Å². The van der Waals surface area contributed by atoms with Crippen LogP contribution in [0.3, 0.4) is 0 Å². The van der Waals surface area contributed by atoms with Gasteiger partial charge in [0, 0.05) is 13.0 Å². The third-order valence-corrected chi connectivity index (χ3v) is 3.56. The number of ether oxygens (including phenoxy) is 1. The van der Waals surface area contributed by atoms with Gasteiger partial charge in [0.2, 0.25) is 6.41 Å². The first-order valence-electron chi connectivity index (χ1n) is 6.61. The van der Waals surface area contributed by atoms with Crippen molar-refractivity contribution in [1.82, 2.24) is 4.90 Å². The average molecular weight is 261 g/mol. The third-order valence-electron chi connectivity index (χ3n) is 3.56. The van der Waals surface area contributed by atoms with Gasteiger partial charge in [0.25, 0.3) is 0 Å². The Bertz CT molecular complexity index is 432. The molecule has 1 aliphatic rings. The van der Waals surface area contributed by atoms with E-state index in [9.17, 15) is 9.59 Å². The predicted octanol–water partition coefficient (Wildman–Crippen LogP) is 1.43. The third kappa shape index (κ3) is 3.41. The van der Waals surface area contributed by atoms with E-state index in [-0.39, 0.29) is 11.8 Å². The van der Waals surface area contributed by atoms with Gasteiger partial charge >= 0.3 is 0 Å². The summed E-state index contributed by atoms with van der Waals surface area (Å²) in [4.78, 5) is 24.7. The molecule has 1 aliphatic heterocycles. The Labute approximate surface area is 113 Å². The molecule has 1 unspecified atom stereocenters. The Morgan fingerprint density at radius 1 is 1.42 bits per heavy atom. The van der Waals surface area contributed by atoms with E-state index in [1.54, 1.807) is 4.90 Å². The van der Waals surface area contributed by atoms with E-state index in [1.807, 2.05) is 37.3 Å². The summed E-state index contributed by atoms with van der Waals surface area (Å²) in [5.74, 6) is 0.0721. The van der Waals surface area contributed by atoms with Crippen LogP contribution in [0, 0.1) is 0 Å². The highest BCUT2D eigenvalue weighted by Gasteiger charge is 2.32. The summed E-state index contributed by atoms with van der Waals surface area (Å²) in [7, 11) is 0. The van der Waals surface area contributed by atoms with E-state index >= 15 is 0 Å². The molecule has 0 bridgehead atoms. The first-order chi connectivity index (χ1) is 9.22. The minimum atomic E-state index is -0.484. The van der Waals surface area contributed by atoms with Crippen molar-refractivity contribution < 1.29 is 14.3 Å². The number of ketones is 1. The molecule has 2 rings (SSSR count). The van der Waals surface area contributed by atoms with Crippen molar-refractivity contribution in [2.45, 2.75) is 31.9 Å². The molecule has 4 nitrogen and oxygen atoms in total. The van der Waals surface area contributed by atoms with Gasteiger partial charge in [-0.15, -0.1) is 0 Å². The first kappa shape index (κ1) is 13.7. The van der Waals surface area contributed by atoms with E-state index in [0.29, 0.717) is 26.0 Å². The van der Waals surface area contributed by atoms with Gasteiger partial charge < -0.3 is 9.64 Å². The standard InChI is InChI=1S/C15H19NO3/c1-12-15(19-10-9-16(12)11-17)14(18)8-7-13-5-3-2-4-6-13/h2-6,11-12,15H,7-10H2,1H3/t12?,15-/m1/s1. The fourth-order valence-corrected chi connectivity index (χ4v) is 2.37. The number of amides is 1. The second-order valence-electron chi connectivity index (χ2n) is 4.83. The van der Waals surface area contributed by atoms with Crippen molar-refractivity contribution in [3.8, 4) is 0 Å². The van der Waals surface area contributed by atoms with Crippen LogP contribution in [0.4, 0.5) is 0 Å². The molecule has 0 aromatic heterocycles. The largest absolute Gasteiger partial charge is 0.366 e. The maximum Gasteiger partial charge on any atom is 0.210 e. The number of nitrogens with zero attached hydrogens (tertiary/aromatic N) is 1. The Morgan fingerprint density at radius 2 is 2.16 bits per heavy atom. The molecule has 0 radical (unpaired) electrons. The molecule has 1 aromatic rings. The lowest BCUT2D eigenvalue weighted by molar-refractivity contribution is -0.146. The monoisotopic (exact) mass is 261 g/mol. The Balaban J connectivity index is 1.90. The normalized spacial score (nSPS) is 23.1. The van der Waals surface area contributed by atoms with Gasteiger partial charge in [0.1, 0.15) is 6.10 Å². The van der Waals surface area contributed by atoms with Gasteiger partial charge in [-0.25, -0.2) is 0 Å². The highest BCUT2D eigenvalue weighted by molar-refractivity contribution is 5.84. The van der Waals surface area contributed by atoms with Crippen LogP contribution in [0.15, 0.2) is 30.3 Å². The molecule has 1 amide bonds. The fourth-order valence-electron chi connectivity index (χ4n) is 2.37. The van der Waals surface area contributed by atoms with Crippen LogP contribution in [0.1, 0.15) is 18.9 Å². The van der Waals surface area contributed by atoms with E-state index in [0.717, 1.165) is 12.0 Å². The van der Waals surface area contributed by atoms with Gasteiger partial charge in [-0.2, -0.15) is 0 Å². The molecule has 1 aromatic carbocycles. The summed E-state index contributed by atoms with van der Waals surface area (Å²) in [6, 6.07) is 9.74. The van der Waals surface area contributed by atoms with Crippen molar-refractivity contribution in [3.63, 3.8) is 0 Å². The molecule has 0 spiro atoms. The van der Waals surface area contributed by atoms with Gasteiger partial charge in [-0.05, 0) is 18.9 Å².